The van der Waals surface area contributed by atoms with Gasteiger partial charge in [0, 0.05) is 11.4 Å². The zero-order valence-electron chi connectivity index (χ0n) is 19.3. The summed E-state index contributed by atoms with van der Waals surface area (Å²) in [6, 6.07) is 23.4. The summed E-state index contributed by atoms with van der Waals surface area (Å²) in [6.45, 7) is 3.49. The highest BCUT2D eigenvalue weighted by molar-refractivity contribution is 7.99. The number of rotatable bonds is 11. The summed E-state index contributed by atoms with van der Waals surface area (Å²) in [5.41, 5.74) is 2.58. The molecule has 1 heterocycles. The molecule has 0 aliphatic rings. The number of thioether (sulfide) groups is 1. The Morgan fingerprint density at radius 1 is 0.971 bits per heavy atom. The maximum Gasteiger partial charge on any atom is 0.234 e. The van der Waals surface area contributed by atoms with Crippen LogP contribution in [0.2, 0.25) is 0 Å². The molecule has 0 saturated carbocycles. The molecule has 180 valence electrons. The summed E-state index contributed by atoms with van der Waals surface area (Å²) in [7, 11) is 0. The monoisotopic (exact) mass is 491 g/mol. The molecule has 0 spiro atoms. The lowest BCUT2D eigenvalue weighted by Gasteiger charge is -2.12. The molecule has 9 heteroatoms. The zero-order chi connectivity index (χ0) is 24.5. The molecule has 0 bridgehead atoms. The van der Waals surface area contributed by atoms with Crippen LogP contribution in [0.15, 0.2) is 84.0 Å². The normalized spacial score (nSPS) is 10.7. The molecule has 0 atom stereocenters. The molecular formula is C26H26FN5O2S. The molecule has 2 N–H and O–H groups in total. The summed E-state index contributed by atoms with van der Waals surface area (Å²) < 4.78 is 20.6. The SMILES string of the molecule is CCOc1ccc(NC(=O)CSc2nnc(CNc3ccc(F)cc3)n2Cc2ccccc2)cc1. The van der Waals surface area contributed by atoms with E-state index in [1.54, 1.807) is 12.1 Å². The summed E-state index contributed by atoms with van der Waals surface area (Å²) in [4.78, 5) is 12.5. The van der Waals surface area contributed by atoms with Crippen molar-refractivity contribution in [1.29, 1.82) is 0 Å². The average Bonchev–Trinajstić information content (AvgIpc) is 3.25. The van der Waals surface area contributed by atoms with Crippen LogP contribution in [0.5, 0.6) is 5.75 Å². The number of ether oxygens (including phenoxy) is 1. The highest BCUT2D eigenvalue weighted by atomic mass is 32.2. The van der Waals surface area contributed by atoms with Crippen molar-refractivity contribution >= 4 is 29.0 Å². The minimum Gasteiger partial charge on any atom is -0.494 e. The second kappa shape index (κ2) is 12.0. The molecule has 0 saturated heterocycles. The fourth-order valence-electron chi connectivity index (χ4n) is 3.36. The molecule has 0 aliphatic heterocycles. The summed E-state index contributed by atoms with van der Waals surface area (Å²) in [5, 5.41) is 15.5. The van der Waals surface area contributed by atoms with Crippen molar-refractivity contribution in [1.82, 2.24) is 14.8 Å². The molecule has 0 radical (unpaired) electrons. The third kappa shape index (κ3) is 7.07. The molecule has 3 aromatic carbocycles. The Morgan fingerprint density at radius 2 is 1.69 bits per heavy atom. The second-order valence-corrected chi connectivity index (χ2v) is 8.57. The van der Waals surface area contributed by atoms with Crippen molar-refractivity contribution in [2.75, 3.05) is 23.0 Å². The molecule has 0 aliphatic carbocycles. The smallest absolute Gasteiger partial charge is 0.234 e. The Labute approximate surface area is 207 Å². The van der Waals surface area contributed by atoms with Crippen molar-refractivity contribution < 1.29 is 13.9 Å². The summed E-state index contributed by atoms with van der Waals surface area (Å²) >= 11 is 1.32. The van der Waals surface area contributed by atoms with Crippen molar-refractivity contribution in [2.24, 2.45) is 0 Å². The minimum absolute atomic E-state index is 0.139. The number of anilines is 2. The van der Waals surface area contributed by atoms with Crippen molar-refractivity contribution in [3.8, 4) is 5.75 Å². The van der Waals surface area contributed by atoms with Gasteiger partial charge in [-0.25, -0.2) is 4.39 Å². The van der Waals surface area contributed by atoms with Gasteiger partial charge in [-0.15, -0.1) is 10.2 Å². The number of carbonyl (C=O) groups is 1. The zero-order valence-corrected chi connectivity index (χ0v) is 20.1. The first-order valence-electron chi connectivity index (χ1n) is 11.2. The highest BCUT2D eigenvalue weighted by Crippen LogP contribution is 2.21. The van der Waals surface area contributed by atoms with E-state index in [0.717, 1.165) is 17.0 Å². The summed E-state index contributed by atoms with van der Waals surface area (Å²) in [5.74, 6) is 1.23. The predicted molar refractivity (Wildman–Crippen MR) is 136 cm³/mol. The van der Waals surface area contributed by atoms with E-state index in [2.05, 4.69) is 20.8 Å². The standard InChI is InChI=1S/C26H26FN5O2S/c1-2-34-23-14-12-22(13-15-23)29-25(33)18-35-26-31-30-24(16-28-21-10-8-20(27)9-11-21)32(26)17-19-6-4-3-5-7-19/h3-15,28H,2,16-18H2,1H3,(H,29,33). The van der Waals surface area contributed by atoms with E-state index in [1.165, 1.54) is 23.9 Å². The van der Waals surface area contributed by atoms with Crippen molar-refractivity contribution in [3.05, 3.63) is 96.1 Å². The summed E-state index contributed by atoms with van der Waals surface area (Å²) in [6.07, 6.45) is 0. The third-order valence-corrected chi connectivity index (χ3v) is 6.02. The van der Waals surface area contributed by atoms with Crippen LogP contribution in [0.25, 0.3) is 0 Å². The van der Waals surface area contributed by atoms with Gasteiger partial charge in [-0.1, -0.05) is 42.1 Å². The molecule has 35 heavy (non-hydrogen) atoms. The van der Waals surface area contributed by atoms with Crippen LogP contribution in [0, 0.1) is 5.82 Å². The van der Waals surface area contributed by atoms with Gasteiger partial charge in [0.25, 0.3) is 0 Å². The Kier molecular flexibility index (Phi) is 8.34. The molecule has 7 nitrogen and oxygen atoms in total. The van der Waals surface area contributed by atoms with Crippen molar-refractivity contribution in [2.45, 2.75) is 25.2 Å². The average molecular weight is 492 g/mol. The van der Waals surface area contributed by atoms with E-state index in [-0.39, 0.29) is 17.5 Å². The maximum absolute atomic E-state index is 13.2. The van der Waals surface area contributed by atoms with Gasteiger partial charge in [0.05, 0.1) is 25.4 Å². The van der Waals surface area contributed by atoms with Crippen molar-refractivity contribution in [3.63, 3.8) is 0 Å². The van der Waals surface area contributed by atoms with Gasteiger partial charge >= 0.3 is 0 Å². The van der Waals surface area contributed by atoms with E-state index in [0.29, 0.717) is 36.4 Å². The highest BCUT2D eigenvalue weighted by Gasteiger charge is 2.15. The number of benzene rings is 3. The second-order valence-electron chi connectivity index (χ2n) is 7.63. The lowest BCUT2D eigenvalue weighted by Crippen LogP contribution is -2.15. The fraction of sp³-hybridized carbons (Fsp3) is 0.192. The Balaban J connectivity index is 1.42. The van der Waals surface area contributed by atoms with Gasteiger partial charge in [0.1, 0.15) is 11.6 Å². The number of amides is 1. The number of aromatic nitrogens is 3. The van der Waals surface area contributed by atoms with Gasteiger partial charge in [-0.05, 0) is 61.0 Å². The van der Waals surface area contributed by atoms with Gasteiger partial charge in [0.2, 0.25) is 5.91 Å². The van der Waals surface area contributed by atoms with Crippen LogP contribution in [0.1, 0.15) is 18.3 Å². The Bertz CT molecular complexity index is 1230. The van der Waals surface area contributed by atoms with E-state index in [1.807, 2.05) is 66.1 Å². The van der Waals surface area contributed by atoms with Gasteiger partial charge in [0.15, 0.2) is 11.0 Å². The molecular weight excluding hydrogens is 465 g/mol. The number of hydrogen-bond acceptors (Lipinski definition) is 6. The maximum atomic E-state index is 13.2. The quantitative estimate of drug-likeness (QED) is 0.281. The predicted octanol–water partition coefficient (Wildman–Crippen LogP) is 5.21. The van der Waals surface area contributed by atoms with Gasteiger partial charge < -0.3 is 19.9 Å². The molecule has 4 rings (SSSR count). The van der Waals surface area contributed by atoms with Gasteiger partial charge in [-0.2, -0.15) is 0 Å². The number of nitrogens with one attached hydrogen (secondary N) is 2. The van der Waals surface area contributed by atoms with Crippen LogP contribution in [0.4, 0.5) is 15.8 Å². The number of hydrogen-bond donors (Lipinski definition) is 2. The number of halogens is 1. The fourth-order valence-corrected chi connectivity index (χ4v) is 4.12. The van der Waals surface area contributed by atoms with Crippen LogP contribution in [0.3, 0.4) is 0 Å². The third-order valence-electron chi connectivity index (χ3n) is 5.05. The van der Waals surface area contributed by atoms with E-state index < -0.39 is 0 Å². The Hall–Kier alpha value is -3.85. The largest absolute Gasteiger partial charge is 0.494 e. The molecule has 0 fully saturated rings. The van der Waals surface area contributed by atoms with Crippen LogP contribution in [-0.4, -0.2) is 33.0 Å². The van der Waals surface area contributed by atoms with E-state index in [4.69, 9.17) is 4.74 Å². The van der Waals surface area contributed by atoms with E-state index in [9.17, 15) is 9.18 Å². The first-order valence-corrected chi connectivity index (χ1v) is 12.2. The number of carbonyl (C=O) groups excluding carboxylic acids is 1. The minimum atomic E-state index is -0.287. The van der Waals surface area contributed by atoms with Crippen LogP contribution >= 0.6 is 11.8 Å². The Morgan fingerprint density at radius 3 is 2.40 bits per heavy atom. The van der Waals surface area contributed by atoms with Gasteiger partial charge in [-0.3, -0.25) is 4.79 Å². The van der Waals surface area contributed by atoms with E-state index >= 15 is 0 Å². The molecule has 1 aromatic heterocycles. The van der Waals surface area contributed by atoms with Crippen LogP contribution in [-0.2, 0) is 17.9 Å². The lowest BCUT2D eigenvalue weighted by atomic mass is 10.2. The lowest BCUT2D eigenvalue weighted by molar-refractivity contribution is -0.113. The molecule has 4 aromatic rings. The van der Waals surface area contributed by atoms with Crippen LogP contribution < -0.4 is 15.4 Å². The molecule has 0 unspecified atom stereocenters. The first-order chi connectivity index (χ1) is 17.1. The number of nitrogens with zero attached hydrogens (tertiary/aromatic N) is 3. The topological polar surface area (TPSA) is 81.1 Å². The molecule has 1 amide bonds. The first kappa shape index (κ1) is 24.3.